The zero-order valence-corrected chi connectivity index (χ0v) is 26.5. The molecule has 7 nitrogen and oxygen atoms in total. The first-order valence-electron chi connectivity index (χ1n) is 17.1. The minimum atomic E-state index is -0.342. The molecule has 0 bridgehead atoms. The molecule has 0 spiro atoms. The predicted octanol–water partition coefficient (Wildman–Crippen LogP) is 11.1. The topological polar surface area (TPSA) is 95.5 Å². The minimum Gasteiger partial charge on any atom is -0.381 e. The van der Waals surface area contributed by atoms with E-state index < -0.39 is 0 Å². The maximum atomic E-state index is 10.7. The summed E-state index contributed by atoms with van der Waals surface area (Å²) in [5, 5.41) is 21.4. The van der Waals surface area contributed by atoms with Crippen LogP contribution in [0.1, 0.15) is 140 Å². The Labute approximate surface area is 260 Å². The molecule has 0 fully saturated rings. The lowest BCUT2D eigenvalue weighted by molar-refractivity contribution is -0.385. The van der Waals surface area contributed by atoms with E-state index >= 15 is 0 Å². The van der Waals surface area contributed by atoms with Crippen molar-refractivity contribution in [3.8, 4) is 0 Å². The Balaban J connectivity index is 1.21. The fourth-order valence-corrected chi connectivity index (χ4v) is 5.57. The molecule has 2 aromatic carbocycles. The standard InChI is InChI=1S/C36H56N2O5/c39-37(40)35-27-23-33(24-28-35)21-17-13-9-5-1-3-7-11-15-19-31-43-32-20-16-12-8-4-2-6-10-14-18-22-34-25-29-36(30-26-34)38(41)42/h23-30H,1-22,31-32H2. The number of hydrogen-bond donors (Lipinski definition) is 0. The number of rotatable bonds is 28. The smallest absolute Gasteiger partial charge is 0.269 e. The molecule has 0 saturated heterocycles. The lowest BCUT2D eigenvalue weighted by Crippen LogP contribution is -1.97. The Morgan fingerprint density at radius 2 is 0.651 bits per heavy atom. The van der Waals surface area contributed by atoms with Gasteiger partial charge in [0.05, 0.1) is 9.85 Å². The molecule has 0 N–H and O–H groups in total. The van der Waals surface area contributed by atoms with Crippen LogP contribution in [0.4, 0.5) is 11.4 Å². The van der Waals surface area contributed by atoms with Gasteiger partial charge in [-0.2, -0.15) is 0 Å². The molecule has 0 radical (unpaired) electrons. The van der Waals surface area contributed by atoms with Crippen LogP contribution in [-0.4, -0.2) is 23.1 Å². The second kappa shape index (κ2) is 24.6. The maximum absolute atomic E-state index is 10.7. The van der Waals surface area contributed by atoms with Gasteiger partial charge in [-0.25, -0.2) is 0 Å². The van der Waals surface area contributed by atoms with Crippen molar-refractivity contribution in [2.45, 2.75) is 141 Å². The fraction of sp³-hybridized carbons (Fsp3) is 0.667. The zero-order chi connectivity index (χ0) is 30.8. The SMILES string of the molecule is O=[N+]([O-])c1ccc(CCCCCCCCCCCCOCCCCCCCCCCCCc2ccc([N+](=O)[O-])cc2)cc1. The van der Waals surface area contributed by atoms with Crippen LogP contribution < -0.4 is 0 Å². The first kappa shape index (κ1) is 36.4. The lowest BCUT2D eigenvalue weighted by Gasteiger charge is -2.06. The van der Waals surface area contributed by atoms with Gasteiger partial charge in [0.2, 0.25) is 0 Å². The van der Waals surface area contributed by atoms with E-state index in [0.717, 1.165) is 38.9 Å². The van der Waals surface area contributed by atoms with Gasteiger partial charge in [0.25, 0.3) is 11.4 Å². The molecule has 0 aliphatic heterocycles. The number of aryl methyl sites for hydroxylation is 2. The third-order valence-corrected chi connectivity index (χ3v) is 8.30. The van der Waals surface area contributed by atoms with Gasteiger partial charge < -0.3 is 4.74 Å². The van der Waals surface area contributed by atoms with Gasteiger partial charge in [0.15, 0.2) is 0 Å². The largest absolute Gasteiger partial charge is 0.381 e. The quantitative estimate of drug-likeness (QED) is 0.0553. The highest BCUT2D eigenvalue weighted by molar-refractivity contribution is 5.33. The molecule has 0 saturated carbocycles. The molecule has 0 heterocycles. The summed E-state index contributed by atoms with van der Waals surface area (Å²) in [6.07, 6.45) is 27.7. The normalized spacial score (nSPS) is 11.2. The van der Waals surface area contributed by atoms with E-state index in [2.05, 4.69) is 0 Å². The van der Waals surface area contributed by atoms with Crippen molar-refractivity contribution < 1.29 is 14.6 Å². The van der Waals surface area contributed by atoms with E-state index in [9.17, 15) is 20.2 Å². The molecule has 240 valence electrons. The van der Waals surface area contributed by atoms with E-state index in [1.807, 2.05) is 24.3 Å². The van der Waals surface area contributed by atoms with E-state index in [0.29, 0.717) is 0 Å². The number of hydrogen-bond acceptors (Lipinski definition) is 5. The molecule has 0 aromatic heterocycles. The Morgan fingerprint density at radius 1 is 0.395 bits per heavy atom. The summed E-state index contributed by atoms with van der Waals surface area (Å²) < 4.78 is 5.84. The van der Waals surface area contributed by atoms with Gasteiger partial charge in [-0.15, -0.1) is 0 Å². The van der Waals surface area contributed by atoms with Crippen LogP contribution >= 0.6 is 0 Å². The molecule has 2 aromatic rings. The Morgan fingerprint density at radius 3 is 0.930 bits per heavy atom. The van der Waals surface area contributed by atoms with Crippen molar-refractivity contribution in [2.75, 3.05) is 13.2 Å². The molecule has 7 heteroatoms. The monoisotopic (exact) mass is 596 g/mol. The number of benzene rings is 2. The first-order chi connectivity index (χ1) is 21.1. The van der Waals surface area contributed by atoms with E-state index in [1.54, 1.807) is 24.3 Å². The van der Waals surface area contributed by atoms with E-state index in [-0.39, 0.29) is 21.2 Å². The predicted molar refractivity (Wildman–Crippen MR) is 177 cm³/mol. The van der Waals surface area contributed by atoms with Crippen molar-refractivity contribution in [3.05, 3.63) is 79.9 Å². The second-order valence-electron chi connectivity index (χ2n) is 12.0. The van der Waals surface area contributed by atoms with Crippen LogP contribution in [0.2, 0.25) is 0 Å². The molecular formula is C36H56N2O5. The third kappa shape index (κ3) is 19.2. The Kier molecular flexibility index (Phi) is 20.8. The summed E-state index contributed by atoms with van der Waals surface area (Å²) in [5.41, 5.74) is 2.73. The van der Waals surface area contributed by atoms with Crippen molar-refractivity contribution in [2.24, 2.45) is 0 Å². The highest BCUT2D eigenvalue weighted by Gasteiger charge is 2.05. The van der Waals surface area contributed by atoms with Crippen molar-refractivity contribution in [1.29, 1.82) is 0 Å². The number of non-ortho nitro benzene ring substituents is 2. The molecule has 0 amide bonds. The van der Waals surface area contributed by atoms with Gasteiger partial charge in [-0.1, -0.05) is 127 Å². The summed E-state index contributed by atoms with van der Waals surface area (Å²) in [4.78, 5) is 20.7. The van der Waals surface area contributed by atoms with Crippen LogP contribution in [0.25, 0.3) is 0 Å². The third-order valence-electron chi connectivity index (χ3n) is 8.30. The highest BCUT2D eigenvalue weighted by Crippen LogP contribution is 2.17. The van der Waals surface area contributed by atoms with Gasteiger partial charge in [0, 0.05) is 37.5 Å². The summed E-state index contributed by atoms with van der Waals surface area (Å²) in [7, 11) is 0. The molecule has 2 rings (SSSR count). The minimum absolute atomic E-state index is 0.171. The summed E-state index contributed by atoms with van der Waals surface area (Å²) in [6, 6.07) is 13.9. The van der Waals surface area contributed by atoms with Crippen LogP contribution in [0.3, 0.4) is 0 Å². The van der Waals surface area contributed by atoms with Crippen LogP contribution in [0.15, 0.2) is 48.5 Å². The lowest BCUT2D eigenvalue weighted by atomic mass is 10.0. The number of unbranched alkanes of at least 4 members (excludes halogenated alkanes) is 18. The average molecular weight is 597 g/mol. The molecule has 0 atom stereocenters. The second-order valence-corrected chi connectivity index (χ2v) is 12.0. The molecule has 0 unspecified atom stereocenters. The molecular weight excluding hydrogens is 540 g/mol. The fourth-order valence-electron chi connectivity index (χ4n) is 5.57. The van der Waals surface area contributed by atoms with Gasteiger partial charge in [-0.05, 0) is 49.7 Å². The molecule has 43 heavy (non-hydrogen) atoms. The van der Waals surface area contributed by atoms with E-state index in [4.69, 9.17) is 4.74 Å². The Hall–Kier alpha value is -2.80. The van der Waals surface area contributed by atoms with Gasteiger partial charge in [0.1, 0.15) is 0 Å². The van der Waals surface area contributed by atoms with Crippen molar-refractivity contribution in [3.63, 3.8) is 0 Å². The number of nitrogens with zero attached hydrogens (tertiary/aromatic N) is 2. The van der Waals surface area contributed by atoms with E-state index in [1.165, 1.54) is 127 Å². The van der Waals surface area contributed by atoms with Crippen LogP contribution in [0, 0.1) is 20.2 Å². The number of ether oxygens (including phenoxy) is 1. The average Bonchev–Trinajstić information content (AvgIpc) is 3.01. The number of nitro benzene ring substituents is 2. The Bertz CT molecular complexity index is 899. The highest BCUT2D eigenvalue weighted by atomic mass is 16.6. The van der Waals surface area contributed by atoms with Crippen molar-refractivity contribution >= 4 is 11.4 Å². The zero-order valence-electron chi connectivity index (χ0n) is 26.5. The van der Waals surface area contributed by atoms with Crippen LogP contribution in [-0.2, 0) is 17.6 Å². The first-order valence-corrected chi connectivity index (χ1v) is 17.1. The maximum Gasteiger partial charge on any atom is 0.269 e. The van der Waals surface area contributed by atoms with Crippen molar-refractivity contribution in [1.82, 2.24) is 0 Å². The van der Waals surface area contributed by atoms with Crippen LogP contribution in [0.5, 0.6) is 0 Å². The van der Waals surface area contributed by atoms with Gasteiger partial charge >= 0.3 is 0 Å². The summed E-state index contributed by atoms with van der Waals surface area (Å²) >= 11 is 0. The summed E-state index contributed by atoms with van der Waals surface area (Å²) in [5.74, 6) is 0. The molecule has 0 aliphatic carbocycles. The summed E-state index contributed by atoms with van der Waals surface area (Å²) in [6.45, 7) is 1.83. The number of nitro groups is 2. The van der Waals surface area contributed by atoms with Gasteiger partial charge in [-0.3, -0.25) is 20.2 Å². The molecule has 0 aliphatic rings.